The number of amides is 2. The number of aryl methyl sites for hydroxylation is 1. The van der Waals surface area contributed by atoms with Gasteiger partial charge in [-0.15, -0.1) is 11.3 Å². The number of nitrogens with zero attached hydrogens (tertiary/aromatic N) is 3. The van der Waals surface area contributed by atoms with Crippen LogP contribution in [0.4, 0.5) is 0 Å². The van der Waals surface area contributed by atoms with E-state index in [0.717, 1.165) is 16.8 Å². The molecule has 0 spiro atoms. The van der Waals surface area contributed by atoms with Crippen LogP contribution < -0.4 is 5.32 Å². The summed E-state index contributed by atoms with van der Waals surface area (Å²) < 4.78 is 5.09. The molecule has 8 nitrogen and oxygen atoms in total. The molecular formula is C21H22N4O4S. The number of aliphatic hydroxyl groups excluding tert-OH is 1. The lowest BCUT2D eigenvalue weighted by Gasteiger charge is -2.23. The van der Waals surface area contributed by atoms with Crippen LogP contribution in [0.3, 0.4) is 0 Å². The van der Waals surface area contributed by atoms with Gasteiger partial charge in [-0.1, -0.05) is 29.4 Å². The zero-order valence-electron chi connectivity index (χ0n) is 16.4. The summed E-state index contributed by atoms with van der Waals surface area (Å²) in [4.78, 5) is 31.1. The highest BCUT2D eigenvalue weighted by Crippen LogP contribution is 2.21. The van der Waals surface area contributed by atoms with Crippen molar-refractivity contribution < 1.29 is 19.2 Å². The summed E-state index contributed by atoms with van der Waals surface area (Å²) in [6, 6.07) is 8.79. The van der Waals surface area contributed by atoms with E-state index in [1.165, 1.54) is 4.90 Å². The number of aromatic nitrogens is 2. The second kappa shape index (κ2) is 8.76. The second-order valence-electron chi connectivity index (χ2n) is 7.35. The molecule has 1 aromatic carbocycles. The van der Waals surface area contributed by atoms with E-state index in [2.05, 4.69) is 15.5 Å². The van der Waals surface area contributed by atoms with E-state index in [9.17, 15) is 14.7 Å². The van der Waals surface area contributed by atoms with Crippen LogP contribution in [0.2, 0.25) is 0 Å². The fourth-order valence-electron chi connectivity index (χ4n) is 3.54. The topological polar surface area (TPSA) is 109 Å². The number of carbonyl (C=O) groups is 2. The maximum Gasteiger partial charge on any atom is 0.243 e. The van der Waals surface area contributed by atoms with Gasteiger partial charge in [0.05, 0.1) is 29.4 Å². The molecule has 1 fully saturated rings. The maximum absolute atomic E-state index is 12.7. The number of nitrogens with one attached hydrogen (secondary N) is 1. The van der Waals surface area contributed by atoms with Gasteiger partial charge in [0.15, 0.2) is 0 Å². The molecule has 2 atom stereocenters. The van der Waals surface area contributed by atoms with Gasteiger partial charge in [-0.3, -0.25) is 9.59 Å². The largest absolute Gasteiger partial charge is 0.391 e. The molecule has 0 radical (unpaired) electrons. The van der Waals surface area contributed by atoms with E-state index >= 15 is 0 Å². The smallest absolute Gasteiger partial charge is 0.243 e. The zero-order valence-corrected chi connectivity index (χ0v) is 17.3. The summed E-state index contributed by atoms with van der Waals surface area (Å²) in [7, 11) is 0. The first-order valence-corrected chi connectivity index (χ1v) is 10.6. The molecule has 2 N–H and O–H groups in total. The Bertz CT molecular complexity index is 1020. The number of hydrogen-bond acceptors (Lipinski definition) is 7. The number of carbonyl (C=O) groups excluding carboxylic acids is 2. The van der Waals surface area contributed by atoms with Crippen LogP contribution in [-0.2, 0) is 22.6 Å². The van der Waals surface area contributed by atoms with Crippen LogP contribution in [0.5, 0.6) is 0 Å². The van der Waals surface area contributed by atoms with Crippen molar-refractivity contribution in [3.05, 3.63) is 58.2 Å². The second-order valence-corrected chi connectivity index (χ2v) is 8.07. The monoisotopic (exact) mass is 426 g/mol. The van der Waals surface area contributed by atoms with Crippen molar-refractivity contribution in [2.75, 3.05) is 6.54 Å². The minimum atomic E-state index is -0.724. The van der Waals surface area contributed by atoms with Crippen LogP contribution >= 0.6 is 11.3 Å². The van der Waals surface area contributed by atoms with Gasteiger partial charge in [-0.25, -0.2) is 4.98 Å². The molecule has 0 saturated carbocycles. The van der Waals surface area contributed by atoms with Gasteiger partial charge in [0.2, 0.25) is 11.8 Å². The number of aliphatic hydroxyl groups is 1. The lowest BCUT2D eigenvalue weighted by Crippen LogP contribution is -2.46. The van der Waals surface area contributed by atoms with E-state index in [-0.39, 0.29) is 31.2 Å². The molecule has 2 amide bonds. The molecule has 0 bridgehead atoms. The molecule has 156 valence electrons. The molecule has 4 rings (SSSR count). The van der Waals surface area contributed by atoms with Crippen LogP contribution in [0, 0.1) is 6.92 Å². The van der Waals surface area contributed by atoms with Gasteiger partial charge >= 0.3 is 0 Å². The van der Waals surface area contributed by atoms with Crippen molar-refractivity contribution in [1.82, 2.24) is 20.4 Å². The zero-order chi connectivity index (χ0) is 21.1. The van der Waals surface area contributed by atoms with Gasteiger partial charge in [0.1, 0.15) is 11.8 Å². The number of thiazole rings is 1. The fourth-order valence-corrected chi connectivity index (χ4v) is 4.10. The maximum atomic E-state index is 12.7. The number of hydrogen-bond donors (Lipinski definition) is 2. The minimum absolute atomic E-state index is 0.00935. The van der Waals surface area contributed by atoms with Gasteiger partial charge < -0.3 is 19.8 Å². The first-order valence-electron chi connectivity index (χ1n) is 9.64. The molecule has 2 unspecified atom stereocenters. The van der Waals surface area contributed by atoms with Crippen LogP contribution in [0.15, 0.2) is 45.7 Å². The predicted octanol–water partition coefficient (Wildman–Crippen LogP) is 1.93. The van der Waals surface area contributed by atoms with E-state index in [1.54, 1.807) is 29.8 Å². The average molecular weight is 426 g/mol. The minimum Gasteiger partial charge on any atom is -0.391 e. The molecule has 2 aromatic heterocycles. The van der Waals surface area contributed by atoms with E-state index in [1.807, 2.05) is 29.6 Å². The van der Waals surface area contributed by atoms with Gasteiger partial charge in [-0.05, 0) is 12.5 Å². The van der Waals surface area contributed by atoms with Crippen molar-refractivity contribution >= 4 is 23.2 Å². The molecule has 1 saturated heterocycles. The Hall–Kier alpha value is -3.04. The summed E-state index contributed by atoms with van der Waals surface area (Å²) in [5.74, 6) is -0.106. The molecule has 9 heteroatoms. The third-order valence-corrected chi connectivity index (χ3v) is 5.64. The van der Waals surface area contributed by atoms with Crippen molar-refractivity contribution in [3.63, 3.8) is 0 Å². The molecule has 3 aromatic rings. The fraction of sp³-hybridized carbons (Fsp3) is 0.333. The first kappa shape index (κ1) is 20.2. The number of benzene rings is 1. The van der Waals surface area contributed by atoms with Gasteiger partial charge in [0.25, 0.3) is 0 Å². The van der Waals surface area contributed by atoms with E-state index in [0.29, 0.717) is 18.0 Å². The normalized spacial score (nSPS) is 18.5. The Kier molecular flexibility index (Phi) is 5.91. The van der Waals surface area contributed by atoms with Crippen molar-refractivity contribution in [3.8, 4) is 11.3 Å². The quantitative estimate of drug-likeness (QED) is 0.624. The summed E-state index contributed by atoms with van der Waals surface area (Å²) in [5.41, 5.74) is 5.36. The highest BCUT2D eigenvalue weighted by Gasteiger charge is 2.38. The van der Waals surface area contributed by atoms with Crippen molar-refractivity contribution in [2.45, 2.75) is 38.5 Å². The summed E-state index contributed by atoms with van der Waals surface area (Å²) in [6.45, 7) is 2.25. The highest BCUT2D eigenvalue weighted by atomic mass is 32.1. The first-order chi connectivity index (χ1) is 14.5. The standard InChI is InChI=1S/C21H22N4O4S/c1-13-6-17(29-24-13)8-20(27)25-10-16(26)7-19(25)21(28)22-9-14-2-4-15(5-3-14)18-11-30-12-23-18/h2-6,11-12,16,19,26H,7-10H2,1H3,(H,22,28). The number of likely N-dealkylation sites (tertiary alicyclic amines) is 1. The van der Waals surface area contributed by atoms with Crippen LogP contribution in [0.1, 0.15) is 23.4 Å². The molecule has 0 aliphatic carbocycles. The number of rotatable bonds is 6. The van der Waals surface area contributed by atoms with E-state index < -0.39 is 12.1 Å². The van der Waals surface area contributed by atoms with Gasteiger partial charge in [0, 0.05) is 36.5 Å². The Morgan fingerprint density at radius 3 is 2.80 bits per heavy atom. The predicted molar refractivity (Wildman–Crippen MR) is 110 cm³/mol. The third kappa shape index (κ3) is 4.58. The summed E-state index contributed by atoms with van der Waals surface area (Å²) >= 11 is 1.54. The average Bonchev–Trinajstić information content (AvgIpc) is 3.48. The van der Waals surface area contributed by atoms with Gasteiger partial charge in [-0.2, -0.15) is 0 Å². The van der Waals surface area contributed by atoms with Crippen molar-refractivity contribution in [1.29, 1.82) is 0 Å². The molecule has 1 aliphatic rings. The van der Waals surface area contributed by atoms with E-state index in [4.69, 9.17) is 4.52 Å². The lowest BCUT2D eigenvalue weighted by molar-refractivity contribution is -0.138. The van der Waals surface area contributed by atoms with Crippen LogP contribution in [0.25, 0.3) is 11.3 Å². The highest BCUT2D eigenvalue weighted by molar-refractivity contribution is 7.07. The molecule has 1 aliphatic heterocycles. The Balaban J connectivity index is 1.36. The summed E-state index contributed by atoms with van der Waals surface area (Å²) in [5, 5.41) is 18.7. The SMILES string of the molecule is Cc1cc(CC(=O)N2CC(O)CC2C(=O)NCc2ccc(-c3cscn3)cc2)on1. The molecule has 30 heavy (non-hydrogen) atoms. The number of β-amino-alcohol motifs (C(OH)–C–C–N with tert-alkyl or cyclic N) is 1. The lowest BCUT2D eigenvalue weighted by atomic mass is 10.1. The summed E-state index contributed by atoms with van der Waals surface area (Å²) in [6.07, 6.45) is -0.496. The Labute approximate surface area is 177 Å². The molecular weight excluding hydrogens is 404 g/mol. The Morgan fingerprint density at radius 2 is 2.13 bits per heavy atom. The van der Waals surface area contributed by atoms with Crippen molar-refractivity contribution in [2.24, 2.45) is 0 Å². The third-order valence-electron chi connectivity index (χ3n) is 5.05. The Morgan fingerprint density at radius 1 is 1.33 bits per heavy atom. The van der Waals surface area contributed by atoms with Crippen LogP contribution in [-0.4, -0.2) is 50.7 Å². The molecule has 3 heterocycles.